The van der Waals surface area contributed by atoms with Crippen LogP contribution < -0.4 is 10.1 Å². The molecule has 0 saturated heterocycles. The molecule has 136 valence electrons. The Labute approximate surface area is 142 Å². The summed E-state index contributed by atoms with van der Waals surface area (Å²) < 4.78 is 33.3. The van der Waals surface area contributed by atoms with E-state index in [0.29, 0.717) is 6.61 Å². The van der Waals surface area contributed by atoms with E-state index in [0.717, 1.165) is 25.3 Å². The smallest absolute Gasteiger partial charge is 0.257 e. The number of hydrogen-bond acceptors (Lipinski definition) is 3. The van der Waals surface area contributed by atoms with E-state index >= 15 is 0 Å². The van der Waals surface area contributed by atoms with Gasteiger partial charge >= 0.3 is 0 Å². The number of rotatable bonds is 12. The Morgan fingerprint density at radius 2 is 1.79 bits per heavy atom. The molecule has 1 aromatic carbocycles. The molecule has 0 aliphatic carbocycles. The molecule has 2 N–H and O–H groups in total. The lowest BCUT2D eigenvalue weighted by molar-refractivity contribution is 0.0935. The fourth-order valence-corrected chi connectivity index (χ4v) is 2.35. The molecule has 6 heteroatoms. The van der Waals surface area contributed by atoms with Crippen molar-refractivity contribution in [2.24, 2.45) is 0 Å². The predicted octanol–water partition coefficient (Wildman–Crippen LogP) is 3.82. The molecule has 24 heavy (non-hydrogen) atoms. The van der Waals surface area contributed by atoms with Crippen LogP contribution in [0.4, 0.5) is 8.78 Å². The molecule has 1 rings (SSSR count). The Hall–Kier alpha value is -1.69. The van der Waals surface area contributed by atoms with Crippen LogP contribution in [0, 0.1) is 11.6 Å². The van der Waals surface area contributed by atoms with Crippen molar-refractivity contribution in [3.8, 4) is 5.75 Å². The standard InChI is InChI=1S/C18H27F2NO3/c1-2-3-4-5-6-7-8-13-24-15-10-9-14(19)16(17(15)20)18(23)21-11-12-22/h9-10,22H,2-8,11-13H2,1H3,(H,21,23). The zero-order valence-electron chi connectivity index (χ0n) is 14.2. The molecule has 0 bridgehead atoms. The van der Waals surface area contributed by atoms with E-state index in [1.54, 1.807) is 0 Å². The van der Waals surface area contributed by atoms with Gasteiger partial charge in [-0.15, -0.1) is 0 Å². The summed E-state index contributed by atoms with van der Waals surface area (Å²) in [6, 6.07) is 2.20. The Balaban J connectivity index is 2.47. The molecule has 0 fully saturated rings. The number of amides is 1. The minimum absolute atomic E-state index is 0.0686. The number of aliphatic hydroxyl groups excluding tert-OH is 1. The third kappa shape index (κ3) is 6.83. The van der Waals surface area contributed by atoms with Crippen molar-refractivity contribution in [3.05, 3.63) is 29.3 Å². The Bertz CT molecular complexity index is 509. The third-order valence-corrected chi connectivity index (χ3v) is 3.69. The van der Waals surface area contributed by atoms with Crippen molar-refractivity contribution in [2.75, 3.05) is 19.8 Å². The van der Waals surface area contributed by atoms with Crippen LogP contribution in [0.3, 0.4) is 0 Å². The second-order valence-electron chi connectivity index (χ2n) is 5.68. The van der Waals surface area contributed by atoms with Crippen molar-refractivity contribution < 1.29 is 23.4 Å². The molecular formula is C18H27F2NO3. The predicted molar refractivity (Wildman–Crippen MR) is 89.3 cm³/mol. The average molecular weight is 343 g/mol. The Morgan fingerprint density at radius 3 is 2.46 bits per heavy atom. The van der Waals surface area contributed by atoms with Crippen LogP contribution in [0.5, 0.6) is 5.75 Å². The molecule has 0 radical (unpaired) electrons. The highest BCUT2D eigenvalue weighted by atomic mass is 19.1. The monoisotopic (exact) mass is 343 g/mol. The maximum Gasteiger partial charge on any atom is 0.257 e. The van der Waals surface area contributed by atoms with Crippen molar-refractivity contribution in [1.29, 1.82) is 0 Å². The van der Waals surface area contributed by atoms with E-state index < -0.39 is 23.1 Å². The SMILES string of the molecule is CCCCCCCCCOc1ccc(F)c(C(=O)NCCO)c1F. The molecule has 0 spiro atoms. The maximum atomic E-state index is 14.2. The molecule has 0 aliphatic rings. The van der Waals surface area contributed by atoms with Gasteiger partial charge in [0, 0.05) is 6.54 Å². The van der Waals surface area contributed by atoms with Gasteiger partial charge in [-0.2, -0.15) is 0 Å². The lowest BCUT2D eigenvalue weighted by Gasteiger charge is -2.11. The number of nitrogens with one attached hydrogen (secondary N) is 1. The third-order valence-electron chi connectivity index (χ3n) is 3.69. The summed E-state index contributed by atoms with van der Waals surface area (Å²) in [6.45, 7) is 2.13. The molecule has 1 amide bonds. The first-order chi connectivity index (χ1) is 11.6. The van der Waals surface area contributed by atoms with E-state index in [1.165, 1.54) is 31.7 Å². The van der Waals surface area contributed by atoms with Gasteiger partial charge in [0.25, 0.3) is 5.91 Å². The summed E-state index contributed by atoms with van der Waals surface area (Å²) >= 11 is 0. The van der Waals surface area contributed by atoms with Crippen molar-refractivity contribution in [3.63, 3.8) is 0 Å². The first-order valence-corrected chi connectivity index (χ1v) is 8.61. The van der Waals surface area contributed by atoms with Crippen LogP contribution in [0.25, 0.3) is 0 Å². The van der Waals surface area contributed by atoms with E-state index in [-0.39, 0.29) is 18.9 Å². The average Bonchev–Trinajstić information content (AvgIpc) is 2.57. The second kappa shape index (κ2) is 11.8. The first kappa shape index (κ1) is 20.4. The number of benzene rings is 1. The van der Waals surface area contributed by atoms with Gasteiger partial charge in [0.2, 0.25) is 0 Å². The summed E-state index contributed by atoms with van der Waals surface area (Å²) in [5, 5.41) is 10.9. The summed E-state index contributed by atoms with van der Waals surface area (Å²) in [6.07, 6.45) is 7.78. The fourth-order valence-electron chi connectivity index (χ4n) is 2.35. The van der Waals surface area contributed by atoms with Gasteiger partial charge in [-0.3, -0.25) is 4.79 Å². The van der Waals surface area contributed by atoms with Gasteiger partial charge in [0.15, 0.2) is 11.6 Å². The molecule has 4 nitrogen and oxygen atoms in total. The number of hydrogen-bond donors (Lipinski definition) is 2. The van der Waals surface area contributed by atoms with E-state index in [2.05, 4.69) is 12.2 Å². The van der Waals surface area contributed by atoms with Gasteiger partial charge < -0.3 is 15.2 Å². The lowest BCUT2D eigenvalue weighted by atomic mass is 10.1. The van der Waals surface area contributed by atoms with E-state index in [9.17, 15) is 13.6 Å². The molecular weight excluding hydrogens is 316 g/mol. The normalized spacial score (nSPS) is 10.7. The molecule has 0 saturated carbocycles. The lowest BCUT2D eigenvalue weighted by Crippen LogP contribution is -2.28. The topological polar surface area (TPSA) is 58.6 Å². The highest BCUT2D eigenvalue weighted by Gasteiger charge is 2.21. The molecule has 1 aromatic rings. The number of carbonyl (C=O) groups excluding carboxylic acids is 1. The number of carbonyl (C=O) groups is 1. The first-order valence-electron chi connectivity index (χ1n) is 8.61. The van der Waals surface area contributed by atoms with E-state index in [1.807, 2.05) is 0 Å². The van der Waals surface area contributed by atoms with Crippen molar-refractivity contribution in [1.82, 2.24) is 5.32 Å². The second-order valence-corrected chi connectivity index (χ2v) is 5.68. The highest BCUT2D eigenvalue weighted by molar-refractivity contribution is 5.95. The number of ether oxygens (including phenoxy) is 1. The minimum atomic E-state index is -1.01. The molecule has 0 unspecified atom stereocenters. The quantitative estimate of drug-likeness (QED) is 0.567. The Kier molecular flexibility index (Phi) is 10.00. The number of halogens is 2. The zero-order valence-corrected chi connectivity index (χ0v) is 14.2. The minimum Gasteiger partial charge on any atom is -0.490 e. The van der Waals surface area contributed by atoms with Gasteiger partial charge in [0.1, 0.15) is 11.4 Å². The fraction of sp³-hybridized carbons (Fsp3) is 0.611. The number of unbranched alkanes of at least 4 members (excludes halogenated alkanes) is 6. The van der Waals surface area contributed by atoms with E-state index in [4.69, 9.17) is 9.84 Å². The van der Waals surface area contributed by atoms with Crippen LogP contribution in [0.1, 0.15) is 62.2 Å². The summed E-state index contributed by atoms with van der Waals surface area (Å²) in [5.74, 6) is -2.99. The highest BCUT2D eigenvalue weighted by Crippen LogP contribution is 2.23. The van der Waals surface area contributed by atoms with Gasteiger partial charge in [-0.1, -0.05) is 45.4 Å². The van der Waals surface area contributed by atoms with Gasteiger partial charge in [-0.25, -0.2) is 8.78 Å². The van der Waals surface area contributed by atoms with Gasteiger partial charge in [-0.05, 0) is 18.6 Å². The van der Waals surface area contributed by atoms with Crippen molar-refractivity contribution >= 4 is 5.91 Å². The van der Waals surface area contributed by atoms with Crippen molar-refractivity contribution in [2.45, 2.75) is 51.9 Å². The summed E-state index contributed by atoms with van der Waals surface area (Å²) in [5.41, 5.74) is -0.680. The summed E-state index contributed by atoms with van der Waals surface area (Å²) in [7, 11) is 0. The van der Waals surface area contributed by atoms with Crippen LogP contribution >= 0.6 is 0 Å². The van der Waals surface area contributed by atoms with Crippen LogP contribution in [-0.4, -0.2) is 30.8 Å². The van der Waals surface area contributed by atoms with Gasteiger partial charge in [0.05, 0.1) is 13.2 Å². The number of aliphatic hydroxyl groups is 1. The Morgan fingerprint density at radius 1 is 1.12 bits per heavy atom. The van der Waals surface area contributed by atoms with Crippen LogP contribution in [0.15, 0.2) is 12.1 Å². The largest absolute Gasteiger partial charge is 0.490 e. The molecule has 0 atom stereocenters. The molecule has 0 aliphatic heterocycles. The maximum absolute atomic E-state index is 14.2. The molecule has 0 aromatic heterocycles. The molecule has 0 heterocycles. The zero-order chi connectivity index (χ0) is 17.8. The van der Waals surface area contributed by atoms with Crippen LogP contribution in [0.2, 0.25) is 0 Å². The summed E-state index contributed by atoms with van der Waals surface area (Å²) in [4.78, 5) is 11.7. The van der Waals surface area contributed by atoms with Crippen LogP contribution in [-0.2, 0) is 0 Å².